The fourth-order valence-electron chi connectivity index (χ4n) is 3.48. The summed E-state index contributed by atoms with van der Waals surface area (Å²) in [4.78, 5) is 25.8. The molecule has 2 amide bonds. The van der Waals surface area contributed by atoms with Gasteiger partial charge in [-0.05, 0) is 36.2 Å². The minimum atomic E-state index is -0.569. The topological polar surface area (TPSA) is 75.4 Å². The number of nitrogens with two attached hydrogens (primary N) is 1. The maximum Gasteiger partial charge on any atom is 0.253 e. The normalized spacial score (nSPS) is 19.4. The van der Waals surface area contributed by atoms with Crippen molar-refractivity contribution >= 4 is 17.5 Å². The van der Waals surface area contributed by atoms with Gasteiger partial charge in [0.05, 0.1) is 5.69 Å². The number of nitrogens with zero attached hydrogens (tertiary/aromatic N) is 1. The van der Waals surface area contributed by atoms with Gasteiger partial charge in [0.1, 0.15) is 5.82 Å². The predicted molar refractivity (Wildman–Crippen MR) is 98.3 cm³/mol. The van der Waals surface area contributed by atoms with Gasteiger partial charge in [-0.1, -0.05) is 30.3 Å². The van der Waals surface area contributed by atoms with Gasteiger partial charge in [0.15, 0.2) is 0 Å². The molecule has 3 rings (SSSR count). The summed E-state index contributed by atoms with van der Waals surface area (Å²) in [6.07, 6.45) is 0. The molecule has 2 atom stereocenters. The zero-order valence-electron chi connectivity index (χ0n) is 14.6. The Morgan fingerprint density at radius 3 is 2.58 bits per heavy atom. The average Bonchev–Trinajstić information content (AvgIpc) is 3.08. The van der Waals surface area contributed by atoms with Crippen LogP contribution in [-0.2, 0) is 4.79 Å². The van der Waals surface area contributed by atoms with Crippen LogP contribution in [0.3, 0.4) is 0 Å². The second-order valence-corrected chi connectivity index (χ2v) is 6.60. The van der Waals surface area contributed by atoms with Gasteiger partial charge in [-0.15, -0.1) is 0 Å². The molecule has 3 N–H and O–H groups in total. The standard InChI is InChI=1S/C20H22FN3O2/c1-13(25)23-19-9-15(7-8-18(19)21)20(26)24-11-16(10-22)17(12-24)14-5-3-2-4-6-14/h2-9,16-17H,10-12,22H2,1H3,(H,23,25)/t16-,17+/m1/s1. The van der Waals surface area contributed by atoms with Crippen LogP contribution < -0.4 is 11.1 Å². The summed E-state index contributed by atoms with van der Waals surface area (Å²) in [5, 5.41) is 2.41. The van der Waals surface area contributed by atoms with Crippen LogP contribution in [0.15, 0.2) is 48.5 Å². The van der Waals surface area contributed by atoms with Crippen molar-refractivity contribution in [2.45, 2.75) is 12.8 Å². The average molecular weight is 355 g/mol. The fraction of sp³-hybridized carbons (Fsp3) is 0.300. The van der Waals surface area contributed by atoms with Crippen LogP contribution in [0.4, 0.5) is 10.1 Å². The Morgan fingerprint density at radius 1 is 1.19 bits per heavy atom. The van der Waals surface area contributed by atoms with E-state index < -0.39 is 5.82 Å². The Kier molecular flexibility index (Phi) is 5.32. The highest BCUT2D eigenvalue weighted by molar-refractivity contribution is 5.97. The van der Waals surface area contributed by atoms with Crippen molar-refractivity contribution in [3.63, 3.8) is 0 Å². The molecule has 5 nitrogen and oxygen atoms in total. The lowest BCUT2D eigenvalue weighted by Crippen LogP contribution is -2.30. The number of amides is 2. The molecule has 0 radical (unpaired) electrons. The van der Waals surface area contributed by atoms with Crippen LogP contribution in [0.2, 0.25) is 0 Å². The minimum Gasteiger partial charge on any atom is -0.338 e. The Hall–Kier alpha value is -2.73. The van der Waals surface area contributed by atoms with Gasteiger partial charge in [-0.2, -0.15) is 0 Å². The highest BCUT2D eigenvalue weighted by Crippen LogP contribution is 2.33. The Bertz CT molecular complexity index is 810. The molecule has 26 heavy (non-hydrogen) atoms. The molecule has 6 heteroatoms. The first-order valence-electron chi connectivity index (χ1n) is 8.61. The van der Waals surface area contributed by atoms with Crippen molar-refractivity contribution in [3.05, 3.63) is 65.5 Å². The SMILES string of the molecule is CC(=O)Nc1cc(C(=O)N2C[C@@H](CN)[C@H](c3ccccc3)C2)ccc1F. The highest BCUT2D eigenvalue weighted by atomic mass is 19.1. The monoisotopic (exact) mass is 355 g/mol. The van der Waals surface area contributed by atoms with Crippen LogP contribution in [-0.4, -0.2) is 36.3 Å². The molecule has 0 aromatic heterocycles. The number of nitrogens with one attached hydrogen (secondary N) is 1. The van der Waals surface area contributed by atoms with E-state index in [9.17, 15) is 14.0 Å². The molecule has 0 aliphatic carbocycles. The van der Waals surface area contributed by atoms with Crippen molar-refractivity contribution < 1.29 is 14.0 Å². The molecule has 1 saturated heterocycles. The van der Waals surface area contributed by atoms with E-state index >= 15 is 0 Å². The summed E-state index contributed by atoms with van der Waals surface area (Å²) >= 11 is 0. The van der Waals surface area contributed by atoms with Gasteiger partial charge in [-0.25, -0.2) is 4.39 Å². The molecule has 0 bridgehead atoms. The second kappa shape index (κ2) is 7.66. The molecule has 1 aliphatic rings. The summed E-state index contributed by atoms with van der Waals surface area (Å²) in [5.74, 6) is -0.785. The number of rotatable bonds is 4. The molecule has 2 aromatic rings. The van der Waals surface area contributed by atoms with Gasteiger partial charge in [0.25, 0.3) is 5.91 Å². The van der Waals surface area contributed by atoms with Gasteiger partial charge in [0, 0.05) is 31.5 Å². The third-order valence-corrected chi connectivity index (χ3v) is 4.78. The highest BCUT2D eigenvalue weighted by Gasteiger charge is 2.35. The minimum absolute atomic E-state index is 0.0116. The maximum absolute atomic E-state index is 13.8. The number of likely N-dealkylation sites (tertiary alicyclic amines) is 1. The summed E-state index contributed by atoms with van der Waals surface area (Å²) in [6, 6.07) is 14.0. The van der Waals surface area contributed by atoms with E-state index in [0.29, 0.717) is 25.2 Å². The van der Waals surface area contributed by atoms with E-state index in [1.165, 1.54) is 25.1 Å². The van der Waals surface area contributed by atoms with Gasteiger partial charge in [-0.3, -0.25) is 9.59 Å². The molecule has 136 valence electrons. The van der Waals surface area contributed by atoms with E-state index in [1.807, 2.05) is 30.3 Å². The van der Waals surface area contributed by atoms with Gasteiger partial charge in [0.2, 0.25) is 5.91 Å². The summed E-state index contributed by atoms with van der Waals surface area (Å²) in [7, 11) is 0. The first kappa shape index (κ1) is 18.1. The van der Waals surface area contributed by atoms with Crippen LogP contribution in [0.25, 0.3) is 0 Å². The number of halogens is 1. The van der Waals surface area contributed by atoms with Crippen molar-refractivity contribution in [2.24, 2.45) is 11.7 Å². The van der Waals surface area contributed by atoms with Crippen molar-refractivity contribution in [1.29, 1.82) is 0 Å². The van der Waals surface area contributed by atoms with Crippen molar-refractivity contribution in [1.82, 2.24) is 4.90 Å². The van der Waals surface area contributed by atoms with Crippen LogP contribution in [0.5, 0.6) is 0 Å². The third-order valence-electron chi connectivity index (χ3n) is 4.78. The molecule has 2 aromatic carbocycles. The van der Waals surface area contributed by atoms with Crippen LogP contribution in [0.1, 0.15) is 28.8 Å². The Balaban J connectivity index is 1.81. The lowest BCUT2D eigenvalue weighted by molar-refractivity contribution is -0.114. The van der Waals surface area contributed by atoms with Gasteiger partial charge >= 0.3 is 0 Å². The number of carbonyl (C=O) groups excluding carboxylic acids is 2. The Morgan fingerprint density at radius 2 is 1.92 bits per heavy atom. The predicted octanol–water partition coefficient (Wildman–Crippen LogP) is 2.60. The van der Waals surface area contributed by atoms with Crippen molar-refractivity contribution in [3.8, 4) is 0 Å². The first-order chi connectivity index (χ1) is 12.5. The van der Waals surface area contributed by atoms with Gasteiger partial charge < -0.3 is 16.0 Å². The Labute approximate surface area is 152 Å². The summed E-state index contributed by atoms with van der Waals surface area (Å²) in [6.45, 7) is 2.91. The summed E-state index contributed by atoms with van der Waals surface area (Å²) < 4.78 is 13.8. The second-order valence-electron chi connectivity index (χ2n) is 6.60. The third kappa shape index (κ3) is 3.75. The van der Waals surface area contributed by atoms with Crippen LogP contribution >= 0.6 is 0 Å². The molecule has 0 spiro atoms. The van der Waals surface area contributed by atoms with E-state index in [2.05, 4.69) is 5.32 Å². The lowest BCUT2D eigenvalue weighted by Gasteiger charge is -2.17. The van der Waals surface area contributed by atoms with E-state index in [-0.39, 0.29) is 29.3 Å². The van der Waals surface area contributed by atoms with E-state index in [4.69, 9.17) is 5.73 Å². The molecule has 0 saturated carbocycles. The fourth-order valence-corrected chi connectivity index (χ4v) is 3.48. The molecular weight excluding hydrogens is 333 g/mol. The molecule has 1 heterocycles. The maximum atomic E-state index is 13.8. The van der Waals surface area contributed by atoms with E-state index in [1.54, 1.807) is 4.90 Å². The molecular formula is C20H22FN3O2. The quantitative estimate of drug-likeness (QED) is 0.885. The number of hydrogen-bond donors (Lipinski definition) is 2. The number of carbonyl (C=O) groups is 2. The molecule has 1 fully saturated rings. The number of anilines is 1. The first-order valence-corrected chi connectivity index (χ1v) is 8.61. The van der Waals surface area contributed by atoms with E-state index in [0.717, 1.165) is 5.56 Å². The molecule has 0 unspecified atom stereocenters. The zero-order valence-corrected chi connectivity index (χ0v) is 14.6. The molecule has 1 aliphatic heterocycles. The zero-order chi connectivity index (χ0) is 18.7. The van der Waals surface area contributed by atoms with Crippen LogP contribution in [0, 0.1) is 11.7 Å². The summed E-state index contributed by atoms with van der Waals surface area (Å²) in [5.41, 5.74) is 7.45. The smallest absolute Gasteiger partial charge is 0.253 e. The largest absolute Gasteiger partial charge is 0.338 e. The number of hydrogen-bond acceptors (Lipinski definition) is 3. The lowest BCUT2D eigenvalue weighted by atomic mass is 9.89. The van der Waals surface area contributed by atoms with Crippen molar-refractivity contribution in [2.75, 3.05) is 25.0 Å². The number of benzene rings is 2.